The monoisotopic (exact) mass is 349 g/mol. The minimum absolute atomic E-state index is 0.583. The quantitative estimate of drug-likeness (QED) is 0.653. The summed E-state index contributed by atoms with van der Waals surface area (Å²) in [5, 5.41) is 5.89. The van der Waals surface area contributed by atoms with Crippen molar-refractivity contribution >= 4 is 19.2 Å². The van der Waals surface area contributed by atoms with Crippen LogP contribution in [0.25, 0.3) is 0 Å². The van der Waals surface area contributed by atoms with Gasteiger partial charge in [-0.05, 0) is 42.5 Å². The number of nitrogens with one attached hydrogen (secondary N) is 1. The van der Waals surface area contributed by atoms with Crippen molar-refractivity contribution in [2.24, 2.45) is 0 Å². The summed E-state index contributed by atoms with van der Waals surface area (Å²) >= 11 is 0. The maximum absolute atomic E-state index is 6.14. The Kier molecular flexibility index (Phi) is 6.22. The lowest BCUT2D eigenvalue weighted by molar-refractivity contribution is 0.309. The molecule has 0 heterocycles. The Morgan fingerprint density at radius 2 is 1.64 bits per heavy atom. The van der Waals surface area contributed by atoms with Gasteiger partial charge in [0.15, 0.2) is 0 Å². The van der Waals surface area contributed by atoms with E-state index in [9.17, 15) is 0 Å². The third kappa shape index (κ3) is 4.92. The maximum atomic E-state index is 6.14. The molecule has 128 valence electrons. The first-order valence-electron chi connectivity index (χ1n) is 8.53. The average molecular weight is 349 g/mol. The zero-order valence-corrected chi connectivity index (χ0v) is 15.8. The molecule has 2 nitrogen and oxygen atoms in total. The largest absolute Gasteiger partial charge is 0.488 e. The molecule has 0 spiro atoms. The van der Waals surface area contributed by atoms with E-state index in [1.165, 1.54) is 27.3 Å². The molecule has 3 aromatic rings. The fraction of sp³-hybridized carbons (Fsp3) is 0.182. The molecule has 0 saturated heterocycles. The van der Waals surface area contributed by atoms with Crippen molar-refractivity contribution in [3.8, 4) is 5.75 Å². The van der Waals surface area contributed by atoms with Gasteiger partial charge in [-0.2, -0.15) is 0 Å². The fourth-order valence-electron chi connectivity index (χ4n) is 2.73. The van der Waals surface area contributed by atoms with Crippen LogP contribution in [0.5, 0.6) is 5.75 Å². The first-order valence-corrected chi connectivity index (χ1v) is 9.53. The number of benzene rings is 3. The van der Waals surface area contributed by atoms with Gasteiger partial charge in [0.05, 0.1) is 0 Å². The van der Waals surface area contributed by atoms with Crippen LogP contribution in [-0.2, 0) is 13.2 Å². The lowest BCUT2D eigenvalue weighted by Crippen LogP contribution is -2.16. The van der Waals surface area contributed by atoms with Crippen LogP contribution in [0.2, 0.25) is 0 Å². The first kappa shape index (κ1) is 17.7. The molecule has 0 saturated carbocycles. The Bertz CT molecular complexity index is 817. The van der Waals surface area contributed by atoms with Crippen LogP contribution < -0.4 is 20.7 Å². The topological polar surface area (TPSA) is 21.3 Å². The SMILES string of the molecule is CNCc1ccccc1Pc1cc(C)ccc1OCc1ccccc1. The van der Waals surface area contributed by atoms with E-state index in [0.29, 0.717) is 15.2 Å². The van der Waals surface area contributed by atoms with Gasteiger partial charge >= 0.3 is 0 Å². The van der Waals surface area contributed by atoms with E-state index >= 15 is 0 Å². The Balaban J connectivity index is 1.82. The van der Waals surface area contributed by atoms with Crippen LogP contribution in [0, 0.1) is 6.92 Å². The molecule has 25 heavy (non-hydrogen) atoms. The van der Waals surface area contributed by atoms with E-state index in [2.05, 4.69) is 66.8 Å². The highest BCUT2D eigenvalue weighted by Crippen LogP contribution is 2.23. The molecule has 3 heteroatoms. The number of ether oxygens (including phenoxy) is 1. The molecule has 1 unspecified atom stereocenters. The lowest BCUT2D eigenvalue weighted by atomic mass is 10.2. The molecule has 0 aliphatic carbocycles. The number of rotatable bonds is 7. The summed E-state index contributed by atoms with van der Waals surface area (Å²) in [5.74, 6) is 0.979. The van der Waals surface area contributed by atoms with Crippen molar-refractivity contribution in [2.45, 2.75) is 20.1 Å². The van der Waals surface area contributed by atoms with Gasteiger partial charge in [-0.3, -0.25) is 0 Å². The van der Waals surface area contributed by atoms with Gasteiger partial charge in [-0.15, -0.1) is 0 Å². The van der Waals surface area contributed by atoms with Crippen molar-refractivity contribution in [1.29, 1.82) is 0 Å². The van der Waals surface area contributed by atoms with Gasteiger partial charge in [0.2, 0.25) is 0 Å². The minimum atomic E-state index is 0.583. The molecule has 0 aliphatic rings. The van der Waals surface area contributed by atoms with Crippen molar-refractivity contribution < 1.29 is 4.74 Å². The molecule has 0 aromatic heterocycles. The third-order valence-electron chi connectivity index (χ3n) is 4.03. The number of hydrogen-bond donors (Lipinski definition) is 1. The Morgan fingerprint density at radius 1 is 0.880 bits per heavy atom. The molecule has 3 aromatic carbocycles. The first-order chi connectivity index (χ1) is 12.3. The summed E-state index contributed by atoms with van der Waals surface area (Å²) < 4.78 is 6.14. The summed E-state index contributed by atoms with van der Waals surface area (Å²) in [6.07, 6.45) is 0. The Labute approximate surface area is 152 Å². The van der Waals surface area contributed by atoms with E-state index in [4.69, 9.17) is 4.74 Å². The van der Waals surface area contributed by atoms with E-state index in [-0.39, 0.29) is 0 Å². The normalized spacial score (nSPS) is 11.1. The zero-order chi connectivity index (χ0) is 17.5. The lowest BCUT2D eigenvalue weighted by Gasteiger charge is -2.15. The molecular formula is C22H24NOP. The summed E-state index contributed by atoms with van der Waals surface area (Å²) in [5.41, 5.74) is 3.80. The zero-order valence-electron chi connectivity index (χ0n) is 14.8. The fourth-order valence-corrected chi connectivity index (χ4v) is 4.12. The highest BCUT2D eigenvalue weighted by Gasteiger charge is 2.09. The highest BCUT2D eigenvalue weighted by atomic mass is 31.1. The van der Waals surface area contributed by atoms with Gasteiger partial charge in [0.1, 0.15) is 12.4 Å². The van der Waals surface area contributed by atoms with Gasteiger partial charge in [-0.1, -0.05) is 74.8 Å². The van der Waals surface area contributed by atoms with E-state index in [0.717, 1.165) is 12.3 Å². The van der Waals surface area contributed by atoms with Crippen LogP contribution >= 0.6 is 8.58 Å². The molecule has 0 radical (unpaired) electrons. The molecular weight excluding hydrogens is 325 g/mol. The standard InChI is InChI=1S/C22H24NOP/c1-17-12-13-20(24-16-18-8-4-3-5-9-18)22(14-17)25-21-11-7-6-10-19(21)15-23-2/h3-14,23,25H,15-16H2,1-2H3. The predicted molar refractivity (Wildman–Crippen MR) is 109 cm³/mol. The Hall–Kier alpha value is -2.15. The predicted octanol–water partition coefficient (Wildman–Crippen LogP) is 3.92. The average Bonchev–Trinajstić information content (AvgIpc) is 2.64. The van der Waals surface area contributed by atoms with Gasteiger partial charge in [0, 0.05) is 11.8 Å². The number of hydrogen-bond acceptors (Lipinski definition) is 2. The molecule has 1 atom stereocenters. The molecule has 3 rings (SSSR count). The minimum Gasteiger partial charge on any atom is -0.488 e. The third-order valence-corrected chi connectivity index (χ3v) is 5.44. The van der Waals surface area contributed by atoms with E-state index in [1.807, 2.05) is 25.2 Å². The molecule has 1 N–H and O–H groups in total. The summed E-state index contributed by atoms with van der Waals surface area (Å²) in [4.78, 5) is 0. The van der Waals surface area contributed by atoms with Crippen LogP contribution in [-0.4, -0.2) is 7.05 Å². The van der Waals surface area contributed by atoms with Gasteiger partial charge in [-0.25, -0.2) is 0 Å². The smallest absolute Gasteiger partial charge is 0.127 e. The molecule has 0 amide bonds. The second kappa shape index (κ2) is 8.80. The van der Waals surface area contributed by atoms with Gasteiger partial charge < -0.3 is 10.1 Å². The van der Waals surface area contributed by atoms with Crippen molar-refractivity contribution in [3.05, 3.63) is 89.5 Å². The van der Waals surface area contributed by atoms with Crippen LogP contribution in [0.1, 0.15) is 16.7 Å². The van der Waals surface area contributed by atoms with Crippen molar-refractivity contribution in [2.75, 3.05) is 7.05 Å². The highest BCUT2D eigenvalue weighted by molar-refractivity contribution is 7.55. The summed E-state index contributed by atoms with van der Waals surface area (Å²) in [6, 6.07) is 25.4. The molecule has 0 fully saturated rings. The van der Waals surface area contributed by atoms with Crippen LogP contribution in [0.15, 0.2) is 72.8 Å². The van der Waals surface area contributed by atoms with Crippen molar-refractivity contribution in [1.82, 2.24) is 5.32 Å². The molecule has 0 bridgehead atoms. The van der Waals surface area contributed by atoms with Crippen LogP contribution in [0.4, 0.5) is 0 Å². The second-order valence-corrected chi connectivity index (χ2v) is 7.41. The van der Waals surface area contributed by atoms with E-state index in [1.54, 1.807) is 0 Å². The van der Waals surface area contributed by atoms with Crippen LogP contribution in [0.3, 0.4) is 0 Å². The molecule has 0 aliphatic heterocycles. The van der Waals surface area contributed by atoms with E-state index < -0.39 is 0 Å². The summed E-state index contributed by atoms with van der Waals surface area (Å²) in [6.45, 7) is 3.61. The summed E-state index contributed by atoms with van der Waals surface area (Å²) in [7, 11) is 2.57. The maximum Gasteiger partial charge on any atom is 0.127 e. The number of aryl methyl sites for hydroxylation is 1. The van der Waals surface area contributed by atoms with Crippen molar-refractivity contribution in [3.63, 3.8) is 0 Å². The van der Waals surface area contributed by atoms with Gasteiger partial charge in [0.25, 0.3) is 0 Å². The second-order valence-electron chi connectivity index (χ2n) is 6.09. The Morgan fingerprint density at radius 3 is 2.44 bits per heavy atom.